The molecule has 3 heteroatoms. The van der Waals surface area contributed by atoms with Crippen molar-refractivity contribution in [2.75, 3.05) is 0 Å². The van der Waals surface area contributed by atoms with Crippen LogP contribution in [-0.4, -0.2) is 4.57 Å². The molecule has 46 heavy (non-hydrogen) atoms. The highest BCUT2D eigenvalue weighted by Crippen LogP contribution is 2.63. The molecule has 3 nitrogen and oxygen atoms in total. The molecule has 1 spiro atoms. The molecule has 1 aliphatic carbocycles. The van der Waals surface area contributed by atoms with Crippen LogP contribution in [0.4, 0.5) is 0 Å². The van der Waals surface area contributed by atoms with Crippen LogP contribution in [-0.2, 0) is 5.41 Å². The van der Waals surface area contributed by atoms with Crippen molar-refractivity contribution < 1.29 is 9.15 Å². The molecule has 0 saturated heterocycles. The molecular formula is C43H25NO2. The fraction of sp³-hybridized carbons (Fsp3) is 0.0233. The summed E-state index contributed by atoms with van der Waals surface area (Å²) in [4.78, 5) is 0. The number of ether oxygens (including phenoxy) is 1. The number of rotatable bonds is 1. The van der Waals surface area contributed by atoms with Crippen LogP contribution in [0.15, 0.2) is 156 Å². The third kappa shape index (κ3) is 2.84. The van der Waals surface area contributed by atoms with Crippen LogP contribution in [0, 0.1) is 0 Å². The molecule has 0 fully saturated rings. The van der Waals surface area contributed by atoms with E-state index in [0.717, 1.165) is 61.1 Å². The van der Waals surface area contributed by atoms with Crippen molar-refractivity contribution in [2.45, 2.75) is 5.41 Å². The third-order valence-electron chi connectivity index (χ3n) is 10.3. The van der Waals surface area contributed by atoms with Gasteiger partial charge in [0.15, 0.2) is 5.75 Å². The van der Waals surface area contributed by atoms with Gasteiger partial charge in [-0.2, -0.15) is 0 Å². The number of benzene rings is 7. The van der Waals surface area contributed by atoms with E-state index in [0.29, 0.717) is 0 Å². The van der Waals surface area contributed by atoms with Gasteiger partial charge in [0.05, 0.1) is 22.1 Å². The van der Waals surface area contributed by atoms with Crippen LogP contribution in [0.5, 0.6) is 11.5 Å². The summed E-state index contributed by atoms with van der Waals surface area (Å²) in [5.41, 5.74) is 11.9. The molecule has 2 aromatic heterocycles. The van der Waals surface area contributed by atoms with Crippen molar-refractivity contribution in [3.8, 4) is 28.3 Å². The van der Waals surface area contributed by atoms with E-state index in [1.807, 2.05) is 12.1 Å². The Bertz CT molecular complexity index is 2700. The van der Waals surface area contributed by atoms with Gasteiger partial charge in [-0.25, -0.2) is 0 Å². The van der Waals surface area contributed by atoms with Gasteiger partial charge in [0.25, 0.3) is 0 Å². The Morgan fingerprint density at radius 2 is 1.09 bits per heavy atom. The van der Waals surface area contributed by atoms with E-state index in [1.54, 1.807) is 0 Å². The second-order valence-electron chi connectivity index (χ2n) is 12.4. The van der Waals surface area contributed by atoms with E-state index in [2.05, 4.69) is 144 Å². The van der Waals surface area contributed by atoms with Crippen LogP contribution < -0.4 is 4.74 Å². The van der Waals surface area contributed by atoms with Gasteiger partial charge < -0.3 is 13.7 Å². The molecule has 214 valence electrons. The van der Waals surface area contributed by atoms with Gasteiger partial charge in [-0.05, 0) is 52.6 Å². The van der Waals surface area contributed by atoms with Crippen LogP contribution in [0.3, 0.4) is 0 Å². The summed E-state index contributed by atoms with van der Waals surface area (Å²) >= 11 is 0. The second-order valence-corrected chi connectivity index (χ2v) is 12.4. The van der Waals surface area contributed by atoms with Gasteiger partial charge >= 0.3 is 0 Å². The molecule has 0 bridgehead atoms. The minimum Gasteiger partial charge on any atom is -0.456 e. The number of nitrogens with zero attached hydrogens (tertiary/aromatic N) is 1. The normalized spacial score (nSPS) is 14.0. The summed E-state index contributed by atoms with van der Waals surface area (Å²) in [6.45, 7) is 0. The average Bonchev–Trinajstić information content (AvgIpc) is 3.75. The van der Waals surface area contributed by atoms with Crippen LogP contribution >= 0.6 is 0 Å². The predicted octanol–water partition coefficient (Wildman–Crippen LogP) is 11.2. The standard InChI is InChI=1S/C43H25NO2/c1-5-15-33-27(11-1)28-12-2-6-16-34(28)43(33)35-17-7-10-20-39(35)46-42-36(43)24-23-32-29-13-3-8-18-37(29)44(41(32)42)26-21-22-31-30-14-4-9-19-38(30)45-40(31)25-26/h1-25H. The van der Waals surface area contributed by atoms with E-state index >= 15 is 0 Å². The molecule has 0 N–H and O–H groups in total. The first-order valence-corrected chi connectivity index (χ1v) is 15.8. The fourth-order valence-electron chi connectivity index (χ4n) is 8.48. The molecular weight excluding hydrogens is 562 g/mol. The molecule has 0 unspecified atom stereocenters. The maximum absolute atomic E-state index is 7.09. The molecule has 11 rings (SSSR count). The Morgan fingerprint density at radius 1 is 0.457 bits per heavy atom. The first-order chi connectivity index (χ1) is 22.8. The molecule has 2 aliphatic rings. The maximum atomic E-state index is 7.09. The summed E-state index contributed by atoms with van der Waals surface area (Å²) in [5, 5.41) is 4.59. The van der Waals surface area contributed by atoms with Gasteiger partial charge in [0.1, 0.15) is 16.9 Å². The van der Waals surface area contributed by atoms with Crippen molar-refractivity contribution in [3.63, 3.8) is 0 Å². The Kier molecular flexibility index (Phi) is 4.52. The maximum Gasteiger partial charge on any atom is 0.156 e. The number of fused-ring (bicyclic) bond motifs is 16. The van der Waals surface area contributed by atoms with Crippen molar-refractivity contribution in [3.05, 3.63) is 174 Å². The second kappa shape index (κ2) is 8.56. The molecule has 0 radical (unpaired) electrons. The van der Waals surface area contributed by atoms with Gasteiger partial charge in [0, 0.05) is 38.7 Å². The van der Waals surface area contributed by atoms with Crippen LogP contribution in [0.2, 0.25) is 0 Å². The lowest BCUT2D eigenvalue weighted by molar-refractivity contribution is 0.440. The topological polar surface area (TPSA) is 27.3 Å². The molecule has 0 atom stereocenters. The molecule has 0 saturated carbocycles. The van der Waals surface area contributed by atoms with E-state index < -0.39 is 5.41 Å². The molecule has 0 amide bonds. The van der Waals surface area contributed by atoms with Gasteiger partial charge in [-0.15, -0.1) is 0 Å². The lowest BCUT2D eigenvalue weighted by Gasteiger charge is -2.39. The van der Waals surface area contributed by atoms with E-state index in [4.69, 9.17) is 9.15 Å². The number of furan rings is 1. The van der Waals surface area contributed by atoms with E-state index in [9.17, 15) is 0 Å². The largest absolute Gasteiger partial charge is 0.456 e. The molecule has 7 aromatic carbocycles. The predicted molar refractivity (Wildman–Crippen MR) is 185 cm³/mol. The first-order valence-electron chi connectivity index (χ1n) is 15.8. The van der Waals surface area contributed by atoms with Gasteiger partial charge in [-0.1, -0.05) is 115 Å². The highest BCUT2D eigenvalue weighted by atomic mass is 16.5. The lowest BCUT2D eigenvalue weighted by atomic mass is 9.66. The zero-order valence-corrected chi connectivity index (χ0v) is 24.7. The van der Waals surface area contributed by atoms with Gasteiger partial charge in [-0.3, -0.25) is 0 Å². The van der Waals surface area contributed by atoms with Crippen molar-refractivity contribution >= 4 is 43.7 Å². The van der Waals surface area contributed by atoms with E-state index in [1.165, 1.54) is 33.2 Å². The average molecular weight is 588 g/mol. The van der Waals surface area contributed by atoms with Crippen LogP contribution in [0.1, 0.15) is 22.3 Å². The summed E-state index contributed by atoms with van der Waals surface area (Å²) in [5.74, 6) is 1.78. The van der Waals surface area contributed by atoms with Crippen LogP contribution in [0.25, 0.3) is 60.6 Å². The lowest BCUT2D eigenvalue weighted by Crippen LogP contribution is -2.32. The number of para-hydroxylation sites is 3. The quantitative estimate of drug-likeness (QED) is 0.191. The summed E-state index contributed by atoms with van der Waals surface area (Å²) in [6.07, 6.45) is 0. The summed E-state index contributed by atoms with van der Waals surface area (Å²) in [7, 11) is 0. The minimum atomic E-state index is -0.518. The SMILES string of the molecule is c1ccc2c(c1)Oc1c(ccc3c4ccccc4n(-c4ccc5c(c4)oc4ccccc45)c13)C21c2ccccc2-c2ccccc21. The monoisotopic (exact) mass is 587 g/mol. The highest BCUT2D eigenvalue weighted by molar-refractivity contribution is 6.13. The third-order valence-corrected chi connectivity index (χ3v) is 10.3. The Labute approximate surface area is 264 Å². The first kappa shape index (κ1) is 24.3. The number of aromatic nitrogens is 1. The van der Waals surface area contributed by atoms with Crippen molar-refractivity contribution in [1.82, 2.24) is 4.57 Å². The zero-order chi connectivity index (χ0) is 30.0. The molecule has 3 heterocycles. The Morgan fingerprint density at radius 3 is 1.91 bits per heavy atom. The fourth-order valence-corrected chi connectivity index (χ4v) is 8.48. The number of hydrogen-bond donors (Lipinski definition) is 0. The van der Waals surface area contributed by atoms with Crippen molar-refractivity contribution in [1.29, 1.82) is 0 Å². The summed E-state index contributed by atoms with van der Waals surface area (Å²) < 4.78 is 15.8. The Balaban J connectivity index is 1.30. The highest BCUT2D eigenvalue weighted by Gasteiger charge is 2.51. The minimum absolute atomic E-state index is 0.518. The number of hydrogen-bond acceptors (Lipinski definition) is 2. The van der Waals surface area contributed by atoms with Crippen molar-refractivity contribution in [2.24, 2.45) is 0 Å². The molecule has 1 aliphatic heterocycles. The summed E-state index contributed by atoms with van der Waals surface area (Å²) in [6, 6.07) is 54.4. The van der Waals surface area contributed by atoms with Gasteiger partial charge in [0.2, 0.25) is 0 Å². The smallest absolute Gasteiger partial charge is 0.156 e. The Hall–Kier alpha value is -6.06. The molecule has 9 aromatic rings. The zero-order valence-electron chi connectivity index (χ0n) is 24.7. The van der Waals surface area contributed by atoms with E-state index in [-0.39, 0.29) is 0 Å².